The molecule has 0 fully saturated rings. The van der Waals surface area contributed by atoms with Gasteiger partial charge in [-0.3, -0.25) is 14.6 Å². The molecule has 0 saturated carbocycles. The van der Waals surface area contributed by atoms with Crippen molar-refractivity contribution in [2.24, 2.45) is 5.92 Å². The van der Waals surface area contributed by atoms with Crippen LogP contribution in [-0.2, 0) is 32.4 Å². The van der Waals surface area contributed by atoms with Crippen molar-refractivity contribution in [1.82, 2.24) is 15.2 Å². The van der Waals surface area contributed by atoms with E-state index in [9.17, 15) is 22.4 Å². The molecule has 146 valence electrons. The van der Waals surface area contributed by atoms with Gasteiger partial charge in [0.05, 0.1) is 24.2 Å². The van der Waals surface area contributed by atoms with Gasteiger partial charge in [-0.25, -0.2) is 12.8 Å². The summed E-state index contributed by atoms with van der Waals surface area (Å²) < 4.78 is 36.9. The van der Waals surface area contributed by atoms with E-state index < -0.39 is 27.6 Å². The molecule has 1 aliphatic carbocycles. The Bertz CT molecular complexity index is 940. The molecule has 2 amide bonds. The van der Waals surface area contributed by atoms with Crippen molar-refractivity contribution in [3.8, 4) is 0 Å². The van der Waals surface area contributed by atoms with Crippen molar-refractivity contribution in [2.75, 3.05) is 18.6 Å². The normalized spacial score (nSPS) is 17.0. The molecule has 1 aromatic heterocycles. The first kappa shape index (κ1) is 19.5. The fourth-order valence-electron chi connectivity index (χ4n) is 3.58. The Kier molecular flexibility index (Phi) is 5.07. The van der Waals surface area contributed by atoms with Crippen LogP contribution in [0.3, 0.4) is 0 Å². The molecule has 0 aromatic carbocycles. The topological polar surface area (TPSA) is 96.4 Å². The van der Waals surface area contributed by atoms with Crippen LogP contribution in [0, 0.1) is 11.7 Å². The van der Waals surface area contributed by atoms with Crippen LogP contribution in [0.1, 0.15) is 30.7 Å². The lowest BCUT2D eigenvalue weighted by Gasteiger charge is -2.37. The van der Waals surface area contributed by atoms with Crippen molar-refractivity contribution in [3.63, 3.8) is 0 Å². The van der Waals surface area contributed by atoms with Gasteiger partial charge in [0.25, 0.3) is 5.91 Å². The quantitative estimate of drug-likeness (QED) is 0.764. The SMILES string of the molecule is CC(C)[C@H](C(=O)NCCS(C)(=O)=O)N1Cc2c(F)cnc3c2C(=CC3)C1=O. The van der Waals surface area contributed by atoms with E-state index in [1.165, 1.54) is 4.90 Å². The summed E-state index contributed by atoms with van der Waals surface area (Å²) in [4.78, 5) is 31.1. The smallest absolute Gasteiger partial charge is 0.255 e. The van der Waals surface area contributed by atoms with E-state index in [2.05, 4.69) is 10.3 Å². The summed E-state index contributed by atoms with van der Waals surface area (Å²) in [7, 11) is -3.21. The van der Waals surface area contributed by atoms with Gasteiger partial charge in [0.15, 0.2) is 0 Å². The maximum atomic E-state index is 14.4. The first-order valence-electron chi connectivity index (χ1n) is 8.73. The van der Waals surface area contributed by atoms with Gasteiger partial charge in [0.1, 0.15) is 21.7 Å². The highest BCUT2D eigenvalue weighted by molar-refractivity contribution is 7.90. The van der Waals surface area contributed by atoms with E-state index in [0.29, 0.717) is 28.8 Å². The minimum atomic E-state index is -3.21. The molecule has 9 heteroatoms. The molecule has 0 spiro atoms. The van der Waals surface area contributed by atoms with Crippen LogP contribution in [-0.4, -0.2) is 54.7 Å². The van der Waals surface area contributed by atoms with E-state index in [-0.39, 0.29) is 30.7 Å². The van der Waals surface area contributed by atoms with E-state index >= 15 is 0 Å². The molecule has 0 bridgehead atoms. The molecule has 2 aliphatic rings. The molecule has 0 radical (unpaired) electrons. The van der Waals surface area contributed by atoms with E-state index in [1.54, 1.807) is 19.9 Å². The molecule has 1 N–H and O–H groups in total. The lowest BCUT2D eigenvalue weighted by atomic mass is 9.92. The predicted octanol–water partition coefficient (Wildman–Crippen LogP) is 0.688. The van der Waals surface area contributed by atoms with Gasteiger partial charge >= 0.3 is 0 Å². The fraction of sp³-hybridized carbons (Fsp3) is 0.500. The molecule has 0 saturated heterocycles. The summed E-state index contributed by atoms with van der Waals surface area (Å²) in [6.45, 7) is 3.53. The average Bonchev–Trinajstić information content (AvgIpc) is 2.98. The number of sulfone groups is 1. The third-order valence-electron chi connectivity index (χ3n) is 4.81. The lowest BCUT2D eigenvalue weighted by molar-refractivity contribution is -0.139. The zero-order valence-electron chi connectivity index (χ0n) is 15.5. The van der Waals surface area contributed by atoms with Crippen molar-refractivity contribution in [1.29, 1.82) is 0 Å². The van der Waals surface area contributed by atoms with Gasteiger partial charge < -0.3 is 10.2 Å². The zero-order valence-corrected chi connectivity index (χ0v) is 16.3. The standard InChI is InChI=1S/C18H22FN3O4S/c1-10(2)16(17(23)20-6-7-27(3,25)26)22-9-12-13(19)8-21-14-5-4-11(15(12)14)18(22)24/h4,8,10,16H,5-7,9H2,1-3H3,(H,20,23)/t16-/m1/s1. The number of carbonyl (C=O) groups excluding carboxylic acids is 2. The van der Waals surface area contributed by atoms with E-state index in [1.807, 2.05) is 0 Å². The van der Waals surface area contributed by atoms with E-state index in [0.717, 1.165) is 12.5 Å². The number of allylic oxidation sites excluding steroid dienone is 1. The number of nitrogens with zero attached hydrogens (tertiary/aromatic N) is 2. The first-order valence-corrected chi connectivity index (χ1v) is 10.8. The van der Waals surface area contributed by atoms with Crippen molar-refractivity contribution in [2.45, 2.75) is 32.9 Å². The Morgan fingerprint density at radius 3 is 2.74 bits per heavy atom. The average molecular weight is 395 g/mol. The second-order valence-electron chi connectivity index (χ2n) is 7.27. The van der Waals surface area contributed by atoms with Crippen LogP contribution in [0.5, 0.6) is 0 Å². The second-order valence-corrected chi connectivity index (χ2v) is 9.53. The minimum absolute atomic E-state index is 0.0186. The number of hydrogen-bond donors (Lipinski definition) is 1. The van der Waals surface area contributed by atoms with Crippen LogP contribution in [0.15, 0.2) is 12.3 Å². The number of aromatic nitrogens is 1. The summed E-state index contributed by atoms with van der Waals surface area (Å²) in [5.74, 6) is -1.70. The van der Waals surface area contributed by atoms with Gasteiger partial charge in [0, 0.05) is 35.9 Å². The number of halogens is 1. The predicted molar refractivity (Wildman–Crippen MR) is 97.8 cm³/mol. The highest BCUT2D eigenvalue weighted by atomic mass is 32.2. The third-order valence-corrected chi connectivity index (χ3v) is 5.75. The number of amides is 2. The molecule has 1 atom stereocenters. The number of hydrogen-bond acceptors (Lipinski definition) is 5. The largest absolute Gasteiger partial charge is 0.353 e. The number of carbonyl (C=O) groups is 2. The first-order chi connectivity index (χ1) is 12.6. The van der Waals surface area contributed by atoms with Gasteiger partial charge in [-0.15, -0.1) is 0 Å². The lowest BCUT2D eigenvalue weighted by Crippen LogP contribution is -2.54. The highest BCUT2D eigenvalue weighted by Gasteiger charge is 2.41. The molecule has 1 aliphatic heterocycles. The third kappa shape index (κ3) is 3.73. The summed E-state index contributed by atoms with van der Waals surface area (Å²) >= 11 is 0. The minimum Gasteiger partial charge on any atom is -0.353 e. The van der Waals surface area contributed by atoms with Crippen molar-refractivity contribution < 1.29 is 22.4 Å². The Hall–Kier alpha value is -2.29. The zero-order chi connectivity index (χ0) is 19.9. The molecule has 0 unspecified atom stereocenters. The van der Waals surface area contributed by atoms with Gasteiger partial charge in [-0.1, -0.05) is 19.9 Å². The van der Waals surface area contributed by atoms with E-state index in [4.69, 9.17) is 0 Å². The molecule has 2 heterocycles. The molecule has 1 aromatic rings. The number of rotatable bonds is 6. The van der Waals surface area contributed by atoms with Crippen LogP contribution >= 0.6 is 0 Å². The Morgan fingerprint density at radius 2 is 2.11 bits per heavy atom. The van der Waals surface area contributed by atoms with Crippen molar-refractivity contribution in [3.05, 3.63) is 34.9 Å². The Balaban J connectivity index is 1.88. The second kappa shape index (κ2) is 7.03. The highest BCUT2D eigenvalue weighted by Crippen LogP contribution is 2.38. The molecular weight excluding hydrogens is 373 g/mol. The van der Waals surface area contributed by atoms with Gasteiger partial charge in [-0.2, -0.15) is 0 Å². The summed E-state index contributed by atoms with van der Waals surface area (Å²) in [6.07, 6.45) is 4.42. The van der Waals surface area contributed by atoms with Crippen LogP contribution in [0.25, 0.3) is 5.57 Å². The van der Waals surface area contributed by atoms with Crippen molar-refractivity contribution >= 4 is 27.2 Å². The molecule has 3 rings (SSSR count). The number of nitrogens with one attached hydrogen (secondary N) is 1. The van der Waals surface area contributed by atoms with Crippen LogP contribution in [0.2, 0.25) is 0 Å². The van der Waals surface area contributed by atoms with Crippen LogP contribution in [0.4, 0.5) is 4.39 Å². The molecule has 27 heavy (non-hydrogen) atoms. The summed E-state index contributed by atoms with van der Waals surface area (Å²) in [5.41, 5.74) is 1.98. The number of pyridine rings is 1. The Morgan fingerprint density at radius 1 is 1.41 bits per heavy atom. The maximum absolute atomic E-state index is 14.4. The fourth-order valence-corrected chi connectivity index (χ4v) is 4.06. The van der Waals surface area contributed by atoms with Crippen LogP contribution < -0.4 is 5.32 Å². The summed E-state index contributed by atoms with van der Waals surface area (Å²) in [5, 5.41) is 2.59. The molecular formula is C18H22FN3O4S. The van der Waals surface area contributed by atoms with Gasteiger partial charge in [0.2, 0.25) is 5.91 Å². The summed E-state index contributed by atoms with van der Waals surface area (Å²) in [6, 6.07) is -0.831. The monoisotopic (exact) mass is 395 g/mol. The molecule has 7 nitrogen and oxygen atoms in total. The Labute approximate surface area is 157 Å². The van der Waals surface area contributed by atoms with Gasteiger partial charge in [-0.05, 0) is 5.92 Å². The maximum Gasteiger partial charge on any atom is 0.255 e.